The molecule has 82 heavy (non-hydrogen) atoms. The van der Waals surface area contributed by atoms with Crippen molar-refractivity contribution in [3.8, 4) is 22.3 Å². The molecule has 12 aromatic rings. The lowest BCUT2D eigenvalue weighted by atomic mass is 9.69. The standard InChI is InChI=1S/C79H72N2O/c1-75(2,3)50-26-34-54(35-27-50)80(55-36-28-51(29-37-55)76(4,5)6)58-42-44-59-49(47-58)25-43-65-71-64-46-45-63-62-21-15-18-24-70(62)82-74(63)72(64)69(48-68(71)79(73(59)65)66-22-16-13-19-60(66)61-20-14-17-23-67(61)79)81(56-38-30-52(31-39-56)77(7,8)9)57-40-32-53(33-41-57)78(10,11)12/h13-48H,1-12H3. The molecule has 0 aliphatic heterocycles. The molecule has 0 atom stereocenters. The van der Waals surface area contributed by atoms with Gasteiger partial charge in [-0.1, -0.05) is 223 Å². The number of para-hydroxylation sites is 1. The highest BCUT2D eigenvalue weighted by Crippen LogP contribution is 2.67. The van der Waals surface area contributed by atoms with E-state index in [1.807, 2.05) is 0 Å². The molecule has 0 bridgehead atoms. The van der Waals surface area contributed by atoms with E-state index in [0.29, 0.717) is 0 Å². The lowest BCUT2D eigenvalue weighted by Crippen LogP contribution is -2.26. The molecule has 3 heteroatoms. The smallest absolute Gasteiger partial charge is 0.145 e. The summed E-state index contributed by atoms with van der Waals surface area (Å²) in [5.41, 5.74) is 23.2. The average molecular weight is 1070 g/mol. The number of rotatable bonds is 6. The quantitative estimate of drug-likeness (QED) is 0.165. The van der Waals surface area contributed by atoms with Crippen LogP contribution in [-0.2, 0) is 27.1 Å². The van der Waals surface area contributed by atoms with Gasteiger partial charge < -0.3 is 14.2 Å². The molecule has 14 rings (SSSR count). The van der Waals surface area contributed by atoms with Crippen molar-refractivity contribution in [3.63, 3.8) is 0 Å². The number of nitrogens with zero attached hydrogens (tertiary/aromatic N) is 2. The van der Waals surface area contributed by atoms with E-state index < -0.39 is 5.41 Å². The molecular formula is C79H72N2O. The predicted octanol–water partition coefficient (Wildman–Crippen LogP) is 22.4. The van der Waals surface area contributed by atoms with Crippen molar-refractivity contribution in [2.75, 3.05) is 9.80 Å². The van der Waals surface area contributed by atoms with Gasteiger partial charge in [0.25, 0.3) is 0 Å². The molecular weight excluding hydrogens is 993 g/mol. The summed E-state index contributed by atoms with van der Waals surface area (Å²) in [7, 11) is 0. The molecule has 2 aliphatic carbocycles. The number of fused-ring (bicyclic) bond motifs is 18. The highest BCUT2D eigenvalue weighted by molar-refractivity contribution is 6.24. The van der Waals surface area contributed by atoms with E-state index >= 15 is 0 Å². The summed E-state index contributed by atoms with van der Waals surface area (Å²) in [5.74, 6) is 0. The summed E-state index contributed by atoms with van der Waals surface area (Å²) in [6.45, 7) is 27.5. The zero-order valence-electron chi connectivity index (χ0n) is 49.6. The number of anilines is 6. The minimum absolute atomic E-state index is 0.0168. The van der Waals surface area contributed by atoms with Crippen molar-refractivity contribution in [1.29, 1.82) is 0 Å². The molecule has 1 aromatic heterocycles. The Labute approximate surface area is 484 Å². The lowest BCUT2D eigenvalue weighted by Gasteiger charge is -2.34. The third-order valence-electron chi connectivity index (χ3n) is 18.1. The van der Waals surface area contributed by atoms with Crippen LogP contribution >= 0.6 is 0 Å². The van der Waals surface area contributed by atoms with E-state index in [-0.39, 0.29) is 21.7 Å². The summed E-state index contributed by atoms with van der Waals surface area (Å²) < 4.78 is 7.23. The molecule has 1 spiro atoms. The zero-order valence-corrected chi connectivity index (χ0v) is 49.6. The van der Waals surface area contributed by atoms with Gasteiger partial charge >= 0.3 is 0 Å². The summed E-state index contributed by atoms with van der Waals surface area (Å²) in [6, 6.07) is 83.3. The van der Waals surface area contributed by atoms with Crippen LogP contribution in [0.5, 0.6) is 0 Å². The summed E-state index contributed by atoms with van der Waals surface area (Å²) in [6.07, 6.45) is 0. The normalized spacial score (nSPS) is 13.7. The van der Waals surface area contributed by atoms with E-state index in [4.69, 9.17) is 4.42 Å². The van der Waals surface area contributed by atoms with Crippen molar-refractivity contribution < 1.29 is 4.42 Å². The highest BCUT2D eigenvalue weighted by atomic mass is 16.3. The SMILES string of the molecule is CC(C)(C)c1ccc(N(c2ccc(C(C)(C)C)cc2)c2ccc3c4c(ccc3c2)-c2c(cc(N(c3ccc(C(C)(C)C)cc3)c3ccc(C(C)(C)C)cc3)c3c2ccc2c5ccccc5oc23)C42c3ccccc3-c3ccccc32)cc1. The van der Waals surface area contributed by atoms with Gasteiger partial charge in [-0.05, 0) is 183 Å². The monoisotopic (exact) mass is 1060 g/mol. The maximum absolute atomic E-state index is 7.23. The highest BCUT2D eigenvalue weighted by Gasteiger charge is 2.53. The second-order valence-corrected chi connectivity index (χ2v) is 27.4. The first-order valence-electron chi connectivity index (χ1n) is 29.4. The molecule has 0 saturated carbocycles. The average Bonchev–Trinajstić information content (AvgIpc) is 1.54. The molecule has 404 valence electrons. The molecule has 0 amide bonds. The molecule has 0 unspecified atom stereocenters. The Morgan fingerprint density at radius 2 is 0.756 bits per heavy atom. The third kappa shape index (κ3) is 7.90. The Kier molecular flexibility index (Phi) is 11.4. The van der Waals surface area contributed by atoms with E-state index in [0.717, 1.165) is 61.4 Å². The van der Waals surface area contributed by atoms with Crippen LogP contribution in [0, 0.1) is 0 Å². The molecule has 0 saturated heterocycles. The second kappa shape index (κ2) is 18.2. The van der Waals surface area contributed by atoms with Crippen LogP contribution in [0.4, 0.5) is 34.1 Å². The number of hydrogen-bond donors (Lipinski definition) is 0. The van der Waals surface area contributed by atoms with Gasteiger partial charge in [-0.2, -0.15) is 0 Å². The minimum Gasteiger partial charge on any atom is -0.455 e. The fourth-order valence-corrected chi connectivity index (χ4v) is 13.8. The summed E-state index contributed by atoms with van der Waals surface area (Å²) in [5, 5.41) is 6.91. The van der Waals surface area contributed by atoms with Crippen molar-refractivity contribution in [3.05, 3.63) is 263 Å². The molecule has 0 N–H and O–H groups in total. The van der Waals surface area contributed by atoms with Gasteiger partial charge in [0.1, 0.15) is 11.2 Å². The van der Waals surface area contributed by atoms with Crippen molar-refractivity contribution in [2.45, 2.75) is 110 Å². The van der Waals surface area contributed by atoms with Crippen molar-refractivity contribution in [2.24, 2.45) is 0 Å². The van der Waals surface area contributed by atoms with Gasteiger partial charge in [-0.3, -0.25) is 0 Å². The van der Waals surface area contributed by atoms with Gasteiger partial charge in [0.15, 0.2) is 0 Å². The molecule has 0 fully saturated rings. The Morgan fingerprint density at radius 1 is 0.329 bits per heavy atom. The maximum Gasteiger partial charge on any atom is 0.145 e. The van der Waals surface area contributed by atoms with Crippen LogP contribution < -0.4 is 9.80 Å². The molecule has 0 radical (unpaired) electrons. The lowest BCUT2D eigenvalue weighted by molar-refractivity contribution is 0.590. The molecule has 3 nitrogen and oxygen atoms in total. The first-order chi connectivity index (χ1) is 39.2. The predicted molar refractivity (Wildman–Crippen MR) is 349 cm³/mol. The first kappa shape index (κ1) is 51.5. The Balaban J connectivity index is 1.09. The third-order valence-corrected chi connectivity index (χ3v) is 18.1. The second-order valence-electron chi connectivity index (χ2n) is 27.4. The Morgan fingerprint density at radius 3 is 1.26 bits per heavy atom. The minimum atomic E-state index is -0.687. The van der Waals surface area contributed by atoms with E-state index in [9.17, 15) is 0 Å². The van der Waals surface area contributed by atoms with Crippen LogP contribution in [0.3, 0.4) is 0 Å². The van der Waals surface area contributed by atoms with Gasteiger partial charge in [-0.15, -0.1) is 0 Å². The van der Waals surface area contributed by atoms with Gasteiger partial charge in [0.2, 0.25) is 0 Å². The molecule has 1 heterocycles. The van der Waals surface area contributed by atoms with E-state index in [1.54, 1.807) is 0 Å². The summed E-state index contributed by atoms with van der Waals surface area (Å²) in [4.78, 5) is 4.95. The van der Waals surface area contributed by atoms with Crippen molar-refractivity contribution >= 4 is 77.6 Å². The van der Waals surface area contributed by atoms with Crippen LogP contribution in [0.2, 0.25) is 0 Å². The number of benzene rings is 11. The van der Waals surface area contributed by atoms with Crippen LogP contribution in [0.1, 0.15) is 128 Å². The Bertz CT molecular complexity index is 4350. The summed E-state index contributed by atoms with van der Waals surface area (Å²) >= 11 is 0. The van der Waals surface area contributed by atoms with E-state index in [1.165, 1.54) is 82.9 Å². The van der Waals surface area contributed by atoms with Crippen LogP contribution in [-0.4, -0.2) is 0 Å². The largest absolute Gasteiger partial charge is 0.455 e. The van der Waals surface area contributed by atoms with Crippen molar-refractivity contribution in [1.82, 2.24) is 0 Å². The Hall–Kier alpha value is -8.66. The topological polar surface area (TPSA) is 19.6 Å². The van der Waals surface area contributed by atoms with E-state index in [2.05, 4.69) is 311 Å². The molecule has 11 aromatic carbocycles. The fourth-order valence-electron chi connectivity index (χ4n) is 13.8. The van der Waals surface area contributed by atoms with Crippen LogP contribution in [0.25, 0.3) is 65.7 Å². The van der Waals surface area contributed by atoms with Crippen LogP contribution in [0.15, 0.2) is 223 Å². The zero-order chi connectivity index (χ0) is 56.8. The van der Waals surface area contributed by atoms with Gasteiger partial charge in [0, 0.05) is 44.6 Å². The number of furan rings is 1. The first-order valence-corrected chi connectivity index (χ1v) is 29.4. The fraction of sp³-hybridized carbons (Fsp3) is 0.215. The maximum atomic E-state index is 7.23. The van der Waals surface area contributed by atoms with Gasteiger partial charge in [-0.25, -0.2) is 0 Å². The molecule has 2 aliphatic rings. The van der Waals surface area contributed by atoms with Gasteiger partial charge in [0.05, 0.1) is 11.1 Å². The number of hydrogen-bond acceptors (Lipinski definition) is 3.